The highest BCUT2D eigenvalue weighted by Crippen LogP contribution is 2.76. The number of aromatic carboxylic acids is 1. The summed E-state index contributed by atoms with van der Waals surface area (Å²) in [6.07, 6.45) is 13.7. The lowest BCUT2D eigenvalue weighted by Crippen LogP contribution is -2.69. The summed E-state index contributed by atoms with van der Waals surface area (Å²) in [5.41, 5.74) is 3.26. The van der Waals surface area contributed by atoms with Gasteiger partial charge in [0, 0.05) is 12.1 Å². The van der Waals surface area contributed by atoms with E-state index < -0.39 is 23.2 Å². The Labute approximate surface area is 324 Å². The van der Waals surface area contributed by atoms with Crippen LogP contribution in [0.1, 0.15) is 149 Å². The second-order valence-corrected chi connectivity index (χ2v) is 21.0. The Balaban J connectivity index is 1.11. The lowest BCUT2D eigenvalue weighted by atomic mass is 9.33. The maximum atomic E-state index is 13.9. The summed E-state index contributed by atoms with van der Waals surface area (Å²) in [6.45, 7) is 25.4. The van der Waals surface area contributed by atoms with Gasteiger partial charge in [0.25, 0.3) is 0 Å². The number of carboxylic acid groups (broad SMARTS) is 1. The molecule has 0 radical (unpaired) electrons. The number of nitrogens with one attached hydrogen (secondary N) is 3. The number of allylic oxidation sites excluding steroid dienone is 3. The van der Waals surface area contributed by atoms with Gasteiger partial charge in [-0.1, -0.05) is 65.0 Å². The molecular weight excluding hydrogens is 675 g/mol. The van der Waals surface area contributed by atoms with Gasteiger partial charge in [0.15, 0.2) is 0 Å². The number of amides is 3. The highest BCUT2D eigenvalue weighted by molar-refractivity contribution is 5.88. The minimum absolute atomic E-state index is 0.0339. The number of rotatable bonds is 7. The quantitative estimate of drug-likeness (QED) is 0.208. The molecule has 9 unspecified atom stereocenters. The molecule has 0 aromatic heterocycles. The fourth-order valence-corrected chi connectivity index (χ4v) is 13.8. The van der Waals surface area contributed by atoms with E-state index in [1.807, 2.05) is 32.9 Å². The minimum Gasteiger partial charge on any atom is -0.478 e. The minimum atomic E-state index is -0.885. The molecule has 54 heavy (non-hydrogen) atoms. The Morgan fingerprint density at radius 1 is 0.852 bits per heavy atom. The third-order valence-corrected chi connectivity index (χ3v) is 16.7. The van der Waals surface area contributed by atoms with Gasteiger partial charge in [-0.3, -0.25) is 0 Å². The van der Waals surface area contributed by atoms with Crippen LogP contribution in [0.5, 0.6) is 0 Å². The first-order chi connectivity index (χ1) is 25.1. The molecule has 0 spiro atoms. The summed E-state index contributed by atoms with van der Waals surface area (Å²) in [7, 11) is 0. The van der Waals surface area contributed by atoms with Crippen LogP contribution in [-0.2, 0) is 4.74 Å². The number of benzene rings is 1. The van der Waals surface area contributed by atoms with E-state index in [0.717, 1.165) is 50.5 Å². The molecule has 8 nitrogen and oxygen atoms in total. The number of urea groups is 1. The summed E-state index contributed by atoms with van der Waals surface area (Å²) < 4.78 is 5.51. The van der Waals surface area contributed by atoms with Crippen molar-refractivity contribution < 1.29 is 24.2 Å². The van der Waals surface area contributed by atoms with Crippen LogP contribution < -0.4 is 16.0 Å². The number of ether oxygens (including phenoxy) is 1. The Kier molecular flexibility index (Phi) is 9.29. The molecule has 1 aromatic carbocycles. The van der Waals surface area contributed by atoms with Crippen molar-refractivity contribution in [3.8, 4) is 0 Å². The summed E-state index contributed by atoms with van der Waals surface area (Å²) in [6, 6.07) is 7.39. The third-order valence-electron chi connectivity index (χ3n) is 16.7. The fourth-order valence-electron chi connectivity index (χ4n) is 13.8. The Bertz CT molecular complexity index is 1740. The predicted molar refractivity (Wildman–Crippen MR) is 214 cm³/mol. The number of carboxylic acids is 1. The molecule has 9 atom stereocenters. The summed E-state index contributed by atoms with van der Waals surface area (Å²) in [5.74, 6) is 1.47. The summed E-state index contributed by atoms with van der Waals surface area (Å²) in [5, 5.41) is 19.3. The highest BCUT2D eigenvalue weighted by Gasteiger charge is 2.70. The number of hydrogen-bond donors (Lipinski definition) is 4. The average molecular weight is 742 g/mol. The van der Waals surface area contributed by atoms with Gasteiger partial charge in [-0.05, 0) is 173 Å². The Hall–Kier alpha value is -3.29. The number of hydrogen-bond acceptors (Lipinski definition) is 4. The molecule has 0 saturated heterocycles. The molecule has 6 aliphatic carbocycles. The SMILES string of the molecule is C=C(C)C1CCC2(NC(=O)NCC3(NC(=O)OC(C)(C)C)CC3)CCC3(C)C(CCC4C5(C)CC=C(c6ccc(C(=O)O)cc6)C(C)(C)C5CCC43C)C12. The van der Waals surface area contributed by atoms with E-state index >= 15 is 0 Å². The number of fused-ring (bicyclic) bond motifs is 7. The smallest absolute Gasteiger partial charge is 0.408 e. The van der Waals surface area contributed by atoms with Crippen LogP contribution >= 0.6 is 0 Å². The molecule has 3 amide bonds. The van der Waals surface area contributed by atoms with Crippen LogP contribution in [-0.4, -0.2) is 46.4 Å². The molecule has 7 rings (SSSR count). The third kappa shape index (κ3) is 6.20. The number of alkyl carbamates (subject to hydrolysis) is 1. The van der Waals surface area contributed by atoms with Crippen molar-refractivity contribution in [3.05, 3.63) is 53.6 Å². The van der Waals surface area contributed by atoms with E-state index in [-0.39, 0.29) is 33.2 Å². The lowest BCUT2D eigenvalue weighted by molar-refractivity contribution is -0.218. The van der Waals surface area contributed by atoms with Crippen molar-refractivity contribution in [1.82, 2.24) is 16.0 Å². The zero-order valence-electron chi connectivity index (χ0n) is 34.5. The zero-order valence-corrected chi connectivity index (χ0v) is 34.5. The van der Waals surface area contributed by atoms with Gasteiger partial charge in [0.05, 0.1) is 11.1 Å². The van der Waals surface area contributed by atoms with E-state index in [1.54, 1.807) is 12.1 Å². The van der Waals surface area contributed by atoms with Crippen LogP contribution in [0, 0.1) is 51.2 Å². The second kappa shape index (κ2) is 12.9. The van der Waals surface area contributed by atoms with E-state index in [1.165, 1.54) is 36.8 Å². The van der Waals surface area contributed by atoms with Gasteiger partial charge in [0.1, 0.15) is 5.60 Å². The molecule has 0 heterocycles. The van der Waals surface area contributed by atoms with Gasteiger partial charge in [-0.25, -0.2) is 14.4 Å². The van der Waals surface area contributed by atoms with Gasteiger partial charge < -0.3 is 25.8 Å². The monoisotopic (exact) mass is 742 g/mol. The standard InChI is InChI=1S/C46H67N3O5/c1-28(2)31-17-22-46(48-38(52)47-27-45(24-25-45)49-39(53)54-40(3,4)5)26-23-43(9)33(36(31)46)15-16-35-42(8)20-18-32(29-11-13-30(14-12-29)37(50)51)41(6,7)34(42)19-21-44(35,43)10/h11-14,18,31,33-36H,1,15-17,19-27H2,2-10H3,(H,49,53)(H,50,51)(H2,47,48,52). The van der Waals surface area contributed by atoms with Crippen LogP contribution in [0.4, 0.5) is 9.59 Å². The van der Waals surface area contributed by atoms with Gasteiger partial charge >= 0.3 is 18.1 Å². The van der Waals surface area contributed by atoms with Gasteiger partial charge in [0.2, 0.25) is 0 Å². The van der Waals surface area contributed by atoms with E-state index in [4.69, 9.17) is 4.74 Å². The van der Waals surface area contributed by atoms with E-state index in [0.29, 0.717) is 41.7 Å². The second-order valence-electron chi connectivity index (χ2n) is 21.0. The van der Waals surface area contributed by atoms with E-state index in [2.05, 4.69) is 70.1 Å². The Morgan fingerprint density at radius 3 is 2.15 bits per heavy atom. The van der Waals surface area contributed by atoms with Gasteiger partial charge in [-0.2, -0.15) is 0 Å². The fraction of sp³-hybridized carbons (Fsp3) is 0.717. The van der Waals surface area contributed by atoms with Crippen LogP contribution in [0.15, 0.2) is 42.5 Å². The molecule has 8 heteroatoms. The first kappa shape index (κ1) is 39.0. The lowest BCUT2D eigenvalue weighted by Gasteiger charge is -2.72. The van der Waals surface area contributed by atoms with Crippen LogP contribution in [0.2, 0.25) is 0 Å². The zero-order chi connectivity index (χ0) is 39.3. The molecule has 0 aliphatic heterocycles. The van der Waals surface area contributed by atoms with Crippen molar-refractivity contribution in [3.63, 3.8) is 0 Å². The molecule has 5 fully saturated rings. The number of carbonyl (C=O) groups excluding carboxylic acids is 2. The van der Waals surface area contributed by atoms with Crippen molar-refractivity contribution in [2.45, 2.75) is 150 Å². The Morgan fingerprint density at radius 2 is 1.54 bits per heavy atom. The molecule has 0 bridgehead atoms. The largest absolute Gasteiger partial charge is 0.478 e. The van der Waals surface area contributed by atoms with Crippen molar-refractivity contribution in [2.75, 3.05) is 6.54 Å². The normalized spacial score (nSPS) is 38.6. The first-order valence-electron chi connectivity index (χ1n) is 20.9. The van der Waals surface area contributed by atoms with Crippen molar-refractivity contribution >= 4 is 23.7 Å². The molecular formula is C46H67N3O5. The predicted octanol–water partition coefficient (Wildman–Crippen LogP) is 10.1. The summed E-state index contributed by atoms with van der Waals surface area (Å²) in [4.78, 5) is 38.0. The van der Waals surface area contributed by atoms with Crippen LogP contribution in [0.3, 0.4) is 0 Å². The maximum Gasteiger partial charge on any atom is 0.408 e. The van der Waals surface area contributed by atoms with Gasteiger partial charge in [-0.15, -0.1) is 0 Å². The molecule has 1 aromatic rings. The van der Waals surface area contributed by atoms with Crippen molar-refractivity contribution in [1.29, 1.82) is 0 Å². The van der Waals surface area contributed by atoms with E-state index in [9.17, 15) is 19.5 Å². The topological polar surface area (TPSA) is 117 Å². The highest BCUT2D eigenvalue weighted by atomic mass is 16.6. The van der Waals surface area contributed by atoms with Crippen molar-refractivity contribution in [2.24, 2.45) is 51.2 Å². The average Bonchev–Trinajstić information content (AvgIpc) is 3.72. The molecule has 5 saturated carbocycles. The molecule has 6 aliphatic rings. The molecule has 296 valence electrons. The molecule has 4 N–H and O–H groups in total. The van der Waals surface area contributed by atoms with Crippen LogP contribution in [0.25, 0.3) is 5.57 Å². The first-order valence-corrected chi connectivity index (χ1v) is 20.9. The maximum absolute atomic E-state index is 13.9. The summed E-state index contributed by atoms with van der Waals surface area (Å²) >= 11 is 0. The number of carbonyl (C=O) groups is 3.